The third kappa shape index (κ3) is 6.69. The lowest BCUT2D eigenvalue weighted by atomic mass is 9.65. The van der Waals surface area contributed by atoms with Crippen molar-refractivity contribution in [2.75, 3.05) is 9.80 Å². The molecule has 1 heterocycles. The summed E-state index contributed by atoms with van der Waals surface area (Å²) in [6.07, 6.45) is 12.8. The van der Waals surface area contributed by atoms with Crippen molar-refractivity contribution in [3.8, 4) is 0 Å². The van der Waals surface area contributed by atoms with E-state index in [4.69, 9.17) is 4.42 Å². The number of hydrogen-bond acceptors (Lipinski definition) is 3. The van der Waals surface area contributed by atoms with Crippen molar-refractivity contribution >= 4 is 56.1 Å². The maximum absolute atomic E-state index is 6.57. The number of benzene rings is 7. The Hall–Kier alpha value is -6.06. The van der Waals surface area contributed by atoms with Crippen LogP contribution in [0.25, 0.3) is 21.9 Å². The van der Waals surface area contributed by atoms with E-state index in [9.17, 15) is 0 Å². The van der Waals surface area contributed by atoms with Crippen LogP contribution in [0.5, 0.6) is 0 Å². The molecule has 282 valence electrons. The van der Waals surface area contributed by atoms with Gasteiger partial charge in [0.25, 0.3) is 0 Å². The molecule has 10 rings (SSSR count). The highest BCUT2D eigenvalue weighted by Crippen LogP contribution is 2.48. The van der Waals surface area contributed by atoms with Gasteiger partial charge in [0.05, 0.1) is 5.69 Å². The first-order chi connectivity index (χ1) is 28.2. The number of anilines is 6. The molecule has 0 unspecified atom stereocenters. The SMILES string of the molecule is c1ccc(N(c2ccc(C3CCCCC3)cc2)c2ccc(C3(c4ccc(N(c5ccccc5)c5cccc6c5oc5ccccc56)cc4)CCCCC3)cc2)cc1. The predicted octanol–water partition coefficient (Wildman–Crippen LogP) is 15.8. The Labute approximate surface area is 337 Å². The van der Waals surface area contributed by atoms with Gasteiger partial charge < -0.3 is 14.2 Å². The molecule has 2 aliphatic rings. The Morgan fingerprint density at radius 3 is 1.53 bits per heavy atom. The average molecular weight is 743 g/mol. The zero-order valence-corrected chi connectivity index (χ0v) is 32.7. The molecule has 0 aliphatic heterocycles. The quantitative estimate of drug-likeness (QED) is 0.147. The van der Waals surface area contributed by atoms with Gasteiger partial charge in [-0.2, -0.15) is 0 Å². The number of nitrogens with zero attached hydrogens (tertiary/aromatic N) is 2. The fourth-order valence-electron chi connectivity index (χ4n) is 10.0. The molecule has 3 heteroatoms. The zero-order chi connectivity index (χ0) is 38.0. The van der Waals surface area contributed by atoms with E-state index >= 15 is 0 Å². The molecule has 2 aliphatic carbocycles. The molecule has 0 spiro atoms. The molecule has 0 atom stereocenters. The summed E-state index contributed by atoms with van der Waals surface area (Å²) < 4.78 is 6.57. The summed E-state index contributed by atoms with van der Waals surface area (Å²) in [4.78, 5) is 4.76. The molecule has 0 amide bonds. The van der Waals surface area contributed by atoms with Gasteiger partial charge in [0, 0.05) is 44.6 Å². The van der Waals surface area contributed by atoms with Crippen molar-refractivity contribution in [3.63, 3.8) is 0 Å². The van der Waals surface area contributed by atoms with Gasteiger partial charge in [0.15, 0.2) is 5.58 Å². The van der Waals surface area contributed by atoms with Crippen LogP contribution in [0.3, 0.4) is 0 Å². The highest BCUT2D eigenvalue weighted by molar-refractivity contribution is 6.10. The van der Waals surface area contributed by atoms with Crippen LogP contribution < -0.4 is 9.80 Å². The van der Waals surface area contributed by atoms with Gasteiger partial charge in [-0.1, -0.05) is 142 Å². The molecule has 0 bridgehead atoms. The maximum atomic E-state index is 6.57. The highest BCUT2D eigenvalue weighted by Gasteiger charge is 2.36. The van der Waals surface area contributed by atoms with E-state index in [1.54, 1.807) is 0 Å². The number of para-hydroxylation sites is 4. The van der Waals surface area contributed by atoms with Crippen molar-refractivity contribution in [2.24, 2.45) is 0 Å². The normalized spacial score (nSPS) is 15.8. The molecule has 2 saturated carbocycles. The molecule has 3 nitrogen and oxygen atoms in total. The third-order valence-electron chi connectivity index (χ3n) is 12.9. The van der Waals surface area contributed by atoms with E-state index in [2.05, 4.69) is 180 Å². The summed E-state index contributed by atoms with van der Waals surface area (Å²) >= 11 is 0. The van der Waals surface area contributed by atoms with Crippen LogP contribution in [-0.2, 0) is 5.41 Å². The average Bonchev–Trinajstić information content (AvgIpc) is 3.68. The Balaban J connectivity index is 1.00. The zero-order valence-electron chi connectivity index (χ0n) is 32.7. The first-order valence-electron chi connectivity index (χ1n) is 21.2. The monoisotopic (exact) mass is 742 g/mol. The molecule has 7 aromatic carbocycles. The molecule has 57 heavy (non-hydrogen) atoms. The molecule has 0 N–H and O–H groups in total. The summed E-state index contributed by atoms with van der Waals surface area (Å²) in [5.74, 6) is 0.699. The molecule has 1 aromatic heterocycles. The molecular weight excluding hydrogens is 693 g/mol. The molecule has 8 aromatic rings. The van der Waals surface area contributed by atoms with E-state index in [1.807, 2.05) is 6.07 Å². The van der Waals surface area contributed by atoms with E-state index < -0.39 is 0 Å². The van der Waals surface area contributed by atoms with Crippen LogP contribution in [0.2, 0.25) is 0 Å². The number of hydrogen-bond donors (Lipinski definition) is 0. The molecule has 0 saturated heterocycles. The molecular formula is C54H50N2O. The van der Waals surface area contributed by atoms with Crippen LogP contribution in [0.1, 0.15) is 86.8 Å². The van der Waals surface area contributed by atoms with Gasteiger partial charge in [-0.3, -0.25) is 0 Å². The van der Waals surface area contributed by atoms with Crippen LogP contribution in [0, 0.1) is 0 Å². The number of furan rings is 1. The Bertz CT molecular complexity index is 2560. The Kier molecular flexibility index (Phi) is 9.60. The van der Waals surface area contributed by atoms with E-state index in [1.165, 1.54) is 85.1 Å². The van der Waals surface area contributed by atoms with E-state index in [-0.39, 0.29) is 5.41 Å². The second-order valence-corrected chi connectivity index (χ2v) is 16.3. The topological polar surface area (TPSA) is 19.6 Å². The fraction of sp³-hybridized carbons (Fsp3) is 0.222. The van der Waals surface area contributed by atoms with Crippen LogP contribution in [-0.4, -0.2) is 0 Å². The Morgan fingerprint density at radius 2 is 0.895 bits per heavy atom. The van der Waals surface area contributed by atoms with Gasteiger partial charge >= 0.3 is 0 Å². The summed E-state index contributed by atoms with van der Waals surface area (Å²) in [5.41, 5.74) is 12.9. The summed E-state index contributed by atoms with van der Waals surface area (Å²) in [7, 11) is 0. The lowest BCUT2D eigenvalue weighted by Crippen LogP contribution is -2.30. The first-order valence-corrected chi connectivity index (χ1v) is 21.2. The second kappa shape index (κ2) is 15.5. The van der Waals surface area contributed by atoms with Crippen LogP contribution in [0.4, 0.5) is 34.1 Å². The number of fused-ring (bicyclic) bond motifs is 3. The third-order valence-corrected chi connectivity index (χ3v) is 12.9. The van der Waals surface area contributed by atoms with Crippen molar-refractivity contribution in [3.05, 3.63) is 193 Å². The first kappa shape index (κ1) is 35.4. The highest BCUT2D eigenvalue weighted by atomic mass is 16.3. The predicted molar refractivity (Wildman–Crippen MR) is 239 cm³/mol. The van der Waals surface area contributed by atoms with Crippen molar-refractivity contribution in [1.82, 2.24) is 0 Å². The maximum Gasteiger partial charge on any atom is 0.159 e. The van der Waals surface area contributed by atoms with Crippen LogP contribution in [0.15, 0.2) is 180 Å². The van der Waals surface area contributed by atoms with Crippen molar-refractivity contribution in [1.29, 1.82) is 0 Å². The fourth-order valence-corrected chi connectivity index (χ4v) is 10.0. The summed E-state index contributed by atoms with van der Waals surface area (Å²) in [6, 6.07) is 64.8. The Morgan fingerprint density at radius 1 is 0.404 bits per heavy atom. The van der Waals surface area contributed by atoms with E-state index in [0.717, 1.165) is 51.8 Å². The lowest BCUT2D eigenvalue weighted by Gasteiger charge is -2.39. The van der Waals surface area contributed by atoms with Gasteiger partial charge in [-0.05, 0) is 121 Å². The smallest absolute Gasteiger partial charge is 0.159 e. The second-order valence-electron chi connectivity index (χ2n) is 16.3. The lowest BCUT2D eigenvalue weighted by molar-refractivity contribution is 0.346. The van der Waals surface area contributed by atoms with Crippen molar-refractivity contribution < 1.29 is 4.42 Å². The minimum absolute atomic E-state index is 0.0368. The standard InChI is InChI=1S/C54H50N2O/c1-5-16-40(17-6-1)41-26-32-46(33-27-41)55(44-18-7-2-8-19-44)47-34-28-42(29-35-47)54(38-13-4-14-39-54)43-30-36-48(37-31-43)56(45-20-9-3-10-21-45)51-24-15-23-50-49-22-11-12-25-52(49)57-53(50)51/h2-3,7-12,15,18-37,40H,1,4-6,13-14,16-17,38-39H2. The van der Waals surface area contributed by atoms with Gasteiger partial charge in [-0.25, -0.2) is 0 Å². The minimum Gasteiger partial charge on any atom is -0.454 e. The van der Waals surface area contributed by atoms with E-state index in [0.29, 0.717) is 5.92 Å². The number of rotatable bonds is 9. The summed E-state index contributed by atoms with van der Waals surface area (Å²) in [6.45, 7) is 0. The van der Waals surface area contributed by atoms with Gasteiger partial charge in [-0.15, -0.1) is 0 Å². The molecule has 0 radical (unpaired) electrons. The van der Waals surface area contributed by atoms with Crippen molar-refractivity contribution in [2.45, 2.75) is 75.5 Å². The van der Waals surface area contributed by atoms with Gasteiger partial charge in [0.1, 0.15) is 5.58 Å². The largest absolute Gasteiger partial charge is 0.454 e. The summed E-state index contributed by atoms with van der Waals surface area (Å²) in [5, 5.41) is 2.27. The molecule has 2 fully saturated rings. The van der Waals surface area contributed by atoms with Crippen LogP contribution >= 0.6 is 0 Å². The van der Waals surface area contributed by atoms with Gasteiger partial charge in [0.2, 0.25) is 0 Å². The minimum atomic E-state index is -0.0368.